The molecule has 0 radical (unpaired) electrons. The molecule has 26 heavy (non-hydrogen) atoms. The lowest BCUT2D eigenvalue weighted by Crippen LogP contribution is -2.46. The van der Waals surface area contributed by atoms with Gasteiger partial charge in [-0.1, -0.05) is 18.2 Å². The van der Waals surface area contributed by atoms with Crippen LogP contribution in [-0.4, -0.2) is 30.1 Å². The third-order valence-electron chi connectivity index (χ3n) is 4.26. The number of thiophene rings is 1. The van der Waals surface area contributed by atoms with Gasteiger partial charge in [0.15, 0.2) is 11.5 Å². The topological polar surface area (TPSA) is 51.9 Å². The Labute approximate surface area is 155 Å². The number of benzene rings is 1. The highest BCUT2D eigenvalue weighted by Gasteiger charge is 2.31. The van der Waals surface area contributed by atoms with E-state index in [9.17, 15) is 4.79 Å². The number of carbonyl (C=O) groups excluding carboxylic acids is 1. The number of furan rings is 1. The Hall–Kier alpha value is -2.73. The van der Waals surface area contributed by atoms with Gasteiger partial charge in [0, 0.05) is 23.5 Å². The van der Waals surface area contributed by atoms with Crippen LogP contribution < -0.4 is 9.47 Å². The number of rotatable bonds is 6. The van der Waals surface area contributed by atoms with Crippen molar-refractivity contribution in [3.63, 3.8) is 0 Å². The molecule has 134 valence electrons. The summed E-state index contributed by atoms with van der Waals surface area (Å²) < 4.78 is 16.7. The van der Waals surface area contributed by atoms with Crippen molar-refractivity contribution in [1.82, 2.24) is 4.90 Å². The number of amides is 1. The van der Waals surface area contributed by atoms with Gasteiger partial charge >= 0.3 is 0 Å². The van der Waals surface area contributed by atoms with Gasteiger partial charge < -0.3 is 18.8 Å². The van der Waals surface area contributed by atoms with Crippen LogP contribution >= 0.6 is 11.3 Å². The summed E-state index contributed by atoms with van der Waals surface area (Å²) in [4.78, 5) is 16.2. The summed E-state index contributed by atoms with van der Waals surface area (Å²) in [6.07, 6.45) is 3.46. The average Bonchev–Trinajstić information content (AvgIpc) is 3.38. The lowest BCUT2D eigenvalue weighted by Gasteiger charge is -2.30. The van der Waals surface area contributed by atoms with E-state index in [-0.39, 0.29) is 12.5 Å². The number of hydrogen-bond acceptors (Lipinski definition) is 5. The van der Waals surface area contributed by atoms with Crippen molar-refractivity contribution in [3.05, 3.63) is 70.8 Å². The summed E-state index contributed by atoms with van der Waals surface area (Å²) in [5.41, 5.74) is 0.960. The van der Waals surface area contributed by atoms with Crippen molar-refractivity contribution in [2.45, 2.75) is 19.1 Å². The molecule has 1 aliphatic heterocycles. The van der Waals surface area contributed by atoms with E-state index in [1.165, 1.54) is 4.88 Å². The van der Waals surface area contributed by atoms with E-state index in [4.69, 9.17) is 13.9 Å². The number of carbonyl (C=O) groups is 1. The minimum atomic E-state index is -0.639. The number of para-hydroxylation sites is 2. The predicted octanol–water partition coefficient (Wildman–Crippen LogP) is 3.75. The molecule has 0 fully saturated rings. The van der Waals surface area contributed by atoms with E-state index in [0.29, 0.717) is 24.6 Å². The van der Waals surface area contributed by atoms with E-state index in [1.54, 1.807) is 23.9 Å². The Balaban J connectivity index is 1.48. The van der Waals surface area contributed by atoms with Crippen molar-refractivity contribution in [3.8, 4) is 11.5 Å². The monoisotopic (exact) mass is 369 g/mol. The van der Waals surface area contributed by atoms with Gasteiger partial charge in [-0.05, 0) is 36.1 Å². The van der Waals surface area contributed by atoms with E-state index in [1.807, 2.05) is 46.7 Å². The zero-order valence-corrected chi connectivity index (χ0v) is 15.0. The maximum atomic E-state index is 13.1. The van der Waals surface area contributed by atoms with Crippen LogP contribution in [0.2, 0.25) is 0 Å². The van der Waals surface area contributed by atoms with Crippen LogP contribution in [0, 0.1) is 0 Å². The molecule has 1 atom stereocenters. The Morgan fingerprint density at radius 2 is 2.04 bits per heavy atom. The van der Waals surface area contributed by atoms with Crippen LogP contribution in [0.25, 0.3) is 0 Å². The summed E-state index contributed by atoms with van der Waals surface area (Å²) in [5, 5.41) is 2.05. The van der Waals surface area contributed by atoms with Crippen LogP contribution in [0.15, 0.2) is 64.8 Å². The van der Waals surface area contributed by atoms with Crippen LogP contribution in [0.5, 0.6) is 11.5 Å². The molecular weight excluding hydrogens is 350 g/mol. The van der Waals surface area contributed by atoms with Gasteiger partial charge in [0.2, 0.25) is 6.10 Å². The Morgan fingerprint density at radius 1 is 1.15 bits per heavy atom. The largest absolute Gasteiger partial charge is 0.485 e. The van der Waals surface area contributed by atoms with E-state index >= 15 is 0 Å². The molecule has 1 unspecified atom stereocenters. The fourth-order valence-corrected chi connectivity index (χ4v) is 3.61. The van der Waals surface area contributed by atoms with Gasteiger partial charge in [0.25, 0.3) is 5.91 Å². The summed E-state index contributed by atoms with van der Waals surface area (Å²) >= 11 is 1.70. The first-order chi connectivity index (χ1) is 12.8. The summed E-state index contributed by atoms with van der Waals surface area (Å²) in [6.45, 7) is 1.32. The third kappa shape index (κ3) is 3.75. The van der Waals surface area contributed by atoms with Crippen molar-refractivity contribution in [2.24, 2.45) is 0 Å². The van der Waals surface area contributed by atoms with Gasteiger partial charge in [-0.2, -0.15) is 0 Å². The molecule has 0 N–H and O–H groups in total. The maximum absolute atomic E-state index is 13.1. The maximum Gasteiger partial charge on any atom is 0.267 e. The molecule has 1 aromatic carbocycles. The molecular formula is C20H19NO4S. The molecule has 1 aliphatic rings. The number of nitrogens with zero attached hydrogens (tertiary/aromatic N) is 1. The van der Waals surface area contributed by atoms with Crippen LogP contribution in [0.4, 0.5) is 0 Å². The second-order valence-corrected chi connectivity index (χ2v) is 7.12. The molecule has 0 saturated carbocycles. The molecule has 0 saturated heterocycles. The van der Waals surface area contributed by atoms with Gasteiger partial charge in [-0.3, -0.25) is 4.79 Å². The number of fused-ring (bicyclic) bond motifs is 1. The highest BCUT2D eigenvalue weighted by molar-refractivity contribution is 7.09. The van der Waals surface area contributed by atoms with Gasteiger partial charge in [-0.15, -0.1) is 11.3 Å². The van der Waals surface area contributed by atoms with Gasteiger partial charge in [0.1, 0.15) is 6.61 Å². The quantitative estimate of drug-likeness (QED) is 0.664. The smallest absolute Gasteiger partial charge is 0.267 e. The van der Waals surface area contributed by atoms with Crippen molar-refractivity contribution >= 4 is 17.2 Å². The molecule has 1 amide bonds. The Bertz CT molecular complexity index is 845. The molecule has 3 aromatic rings. The first-order valence-corrected chi connectivity index (χ1v) is 9.38. The summed E-state index contributed by atoms with van der Waals surface area (Å²) in [7, 11) is 0. The van der Waals surface area contributed by atoms with E-state index in [2.05, 4.69) is 6.07 Å². The predicted molar refractivity (Wildman–Crippen MR) is 98.5 cm³/mol. The first kappa shape index (κ1) is 16.7. The minimum absolute atomic E-state index is 0.0720. The lowest BCUT2D eigenvalue weighted by molar-refractivity contribution is -0.141. The fraction of sp³-hybridized carbons (Fsp3) is 0.250. The van der Waals surface area contributed by atoms with E-state index in [0.717, 1.165) is 12.0 Å². The number of hydrogen-bond donors (Lipinski definition) is 0. The first-order valence-electron chi connectivity index (χ1n) is 8.50. The normalized spacial score (nSPS) is 15.6. The van der Waals surface area contributed by atoms with Gasteiger partial charge in [0.05, 0.1) is 12.5 Å². The molecule has 0 aliphatic carbocycles. The van der Waals surface area contributed by atoms with Crippen LogP contribution in [0.1, 0.15) is 10.4 Å². The highest BCUT2D eigenvalue weighted by Crippen LogP contribution is 2.31. The SMILES string of the molecule is O=C(C1COc2ccccc2O1)N(CCc1cccs1)Cc1ccoc1. The molecule has 4 rings (SSSR count). The van der Waals surface area contributed by atoms with Crippen molar-refractivity contribution in [2.75, 3.05) is 13.2 Å². The summed E-state index contributed by atoms with van der Waals surface area (Å²) in [5.74, 6) is 1.22. The molecule has 3 heterocycles. The average molecular weight is 369 g/mol. The molecule has 5 nitrogen and oxygen atoms in total. The zero-order valence-electron chi connectivity index (χ0n) is 14.2. The molecule has 2 aromatic heterocycles. The second kappa shape index (κ2) is 7.66. The summed E-state index contributed by atoms with van der Waals surface area (Å²) in [6, 6.07) is 13.4. The Kier molecular flexibility index (Phi) is 4.93. The molecule has 6 heteroatoms. The second-order valence-electron chi connectivity index (χ2n) is 6.08. The van der Waals surface area contributed by atoms with Crippen LogP contribution in [0.3, 0.4) is 0 Å². The van der Waals surface area contributed by atoms with Gasteiger partial charge in [-0.25, -0.2) is 0 Å². The fourth-order valence-electron chi connectivity index (χ4n) is 2.92. The highest BCUT2D eigenvalue weighted by atomic mass is 32.1. The molecule has 0 spiro atoms. The minimum Gasteiger partial charge on any atom is -0.485 e. The van der Waals surface area contributed by atoms with Crippen molar-refractivity contribution in [1.29, 1.82) is 0 Å². The molecule has 0 bridgehead atoms. The third-order valence-corrected chi connectivity index (χ3v) is 5.19. The number of ether oxygens (including phenoxy) is 2. The Morgan fingerprint density at radius 3 is 2.81 bits per heavy atom. The lowest BCUT2D eigenvalue weighted by atomic mass is 10.2. The van der Waals surface area contributed by atoms with Crippen molar-refractivity contribution < 1.29 is 18.7 Å². The zero-order chi connectivity index (χ0) is 17.8. The van der Waals surface area contributed by atoms with E-state index < -0.39 is 6.10 Å². The van der Waals surface area contributed by atoms with Crippen LogP contribution in [-0.2, 0) is 17.8 Å². The standard InChI is InChI=1S/C20H19NO4S/c22-20(19-14-24-17-5-1-2-6-18(17)25-19)21(12-15-8-10-23-13-15)9-7-16-4-3-11-26-16/h1-6,8,10-11,13,19H,7,9,12,14H2.